The second-order valence-corrected chi connectivity index (χ2v) is 10.2. The van der Waals surface area contributed by atoms with Crippen molar-refractivity contribution in [2.45, 2.75) is 22.9 Å². The number of benzene rings is 2. The number of thioether (sulfide) groups is 1. The Balaban J connectivity index is 1.58. The predicted molar refractivity (Wildman–Crippen MR) is 138 cm³/mol. The number of fused-ring (bicyclic) bond motifs is 4. The molecule has 208 valence electrons. The molecule has 0 radical (unpaired) electrons. The van der Waals surface area contributed by atoms with Crippen LogP contribution in [0.1, 0.15) is 33.2 Å². The minimum atomic E-state index is -1.02. The molecule has 13 heteroatoms. The average molecular weight is 572 g/mol. The number of rotatable bonds is 4. The van der Waals surface area contributed by atoms with Crippen LogP contribution in [0.5, 0.6) is 5.75 Å². The second kappa shape index (κ2) is 10.5. The van der Waals surface area contributed by atoms with E-state index in [1.165, 1.54) is 28.7 Å². The van der Waals surface area contributed by atoms with E-state index in [2.05, 4.69) is 4.74 Å². The fourth-order valence-electron chi connectivity index (χ4n) is 5.31. The van der Waals surface area contributed by atoms with Crippen molar-refractivity contribution in [1.29, 1.82) is 0 Å². The average Bonchev–Trinajstić information content (AvgIpc) is 3.13. The Labute approximate surface area is 230 Å². The number of morpholine rings is 1. The predicted octanol–water partition coefficient (Wildman–Crippen LogP) is 3.39. The zero-order valence-corrected chi connectivity index (χ0v) is 22.0. The summed E-state index contributed by atoms with van der Waals surface area (Å²) in [7, 11) is 1.12. The standard InChI is InChI=1S/C27H23F2N3O7S/c1-36-27(35)39-14-38-25-19(33)8-9-31-24(25)26(34)30-10-11-37-12-21(30)32(31)23-15-6-7-18(28)22(29)17(15)13-40-20-5-3-2-4-16(20)23/h2-9,21,23H,10-14H2,1H3/t21-,23+/m1/s1. The molecule has 40 heavy (non-hydrogen) atoms. The maximum absolute atomic E-state index is 15.3. The van der Waals surface area contributed by atoms with Gasteiger partial charge in [0.2, 0.25) is 18.0 Å². The van der Waals surface area contributed by atoms with Gasteiger partial charge in [-0.3, -0.25) is 19.3 Å². The molecule has 2 atom stereocenters. The van der Waals surface area contributed by atoms with Gasteiger partial charge in [-0.1, -0.05) is 24.3 Å². The van der Waals surface area contributed by atoms with Crippen LogP contribution in [0.4, 0.5) is 13.6 Å². The Kier molecular flexibility index (Phi) is 6.84. The first-order chi connectivity index (χ1) is 19.4. The smallest absolute Gasteiger partial charge is 0.451 e. The molecule has 6 rings (SSSR count). The van der Waals surface area contributed by atoms with Crippen molar-refractivity contribution >= 4 is 23.8 Å². The van der Waals surface area contributed by atoms with Gasteiger partial charge in [-0.15, -0.1) is 11.8 Å². The van der Waals surface area contributed by atoms with Gasteiger partial charge in [-0.25, -0.2) is 13.6 Å². The second-order valence-electron chi connectivity index (χ2n) is 9.16. The molecule has 2 aromatic carbocycles. The summed E-state index contributed by atoms with van der Waals surface area (Å²) < 4.78 is 51.7. The van der Waals surface area contributed by atoms with Gasteiger partial charge >= 0.3 is 6.16 Å². The zero-order valence-electron chi connectivity index (χ0n) is 21.2. The number of halogens is 2. The van der Waals surface area contributed by atoms with Crippen LogP contribution < -0.4 is 15.2 Å². The van der Waals surface area contributed by atoms with Crippen molar-refractivity contribution in [3.05, 3.63) is 92.9 Å². The highest BCUT2D eigenvalue weighted by molar-refractivity contribution is 7.98. The highest BCUT2D eigenvalue weighted by Crippen LogP contribution is 2.45. The number of amides is 1. The van der Waals surface area contributed by atoms with E-state index in [1.54, 1.807) is 11.0 Å². The molecule has 3 aliphatic heterocycles. The van der Waals surface area contributed by atoms with E-state index in [4.69, 9.17) is 14.2 Å². The number of methoxy groups -OCH3 is 1. The lowest BCUT2D eigenvalue weighted by Crippen LogP contribution is -2.66. The van der Waals surface area contributed by atoms with E-state index in [9.17, 15) is 18.8 Å². The van der Waals surface area contributed by atoms with Crippen molar-refractivity contribution in [3.8, 4) is 5.75 Å². The van der Waals surface area contributed by atoms with Crippen LogP contribution >= 0.6 is 11.8 Å². The molecule has 0 unspecified atom stereocenters. The van der Waals surface area contributed by atoms with E-state index in [0.29, 0.717) is 5.56 Å². The maximum atomic E-state index is 15.3. The molecule has 10 nitrogen and oxygen atoms in total. The number of hydrogen-bond acceptors (Lipinski definition) is 9. The molecule has 4 heterocycles. The van der Waals surface area contributed by atoms with Crippen LogP contribution in [0.2, 0.25) is 0 Å². The normalized spacial score (nSPS) is 19.5. The van der Waals surface area contributed by atoms with Gasteiger partial charge in [0.15, 0.2) is 17.3 Å². The number of pyridine rings is 1. The molecule has 1 saturated heterocycles. The topological polar surface area (TPSA) is 99.5 Å². The molecular weight excluding hydrogens is 548 g/mol. The molecule has 0 N–H and O–H groups in total. The molecule has 3 aromatic rings. The quantitative estimate of drug-likeness (QED) is 0.345. The van der Waals surface area contributed by atoms with Crippen molar-refractivity contribution in [3.63, 3.8) is 0 Å². The number of nitrogens with zero attached hydrogens (tertiary/aromatic N) is 3. The number of carbonyl (C=O) groups excluding carboxylic acids is 2. The Morgan fingerprint density at radius 2 is 1.95 bits per heavy atom. The zero-order chi connectivity index (χ0) is 28.0. The van der Waals surface area contributed by atoms with Crippen molar-refractivity contribution in [1.82, 2.24) is 9.58 Å². The largest absolute Gasteiger partial charge is 0.510 e. The van der Waals surface area contributed by atoms with Crippen LogP contribution in [0.15, 0.2) is 58.4 Å². The highest BCUT2D eigenvalue weighted by Gasteiger charge is 2.46. The minimum absolute atomic E-state index is 0.0994. The summed E-state index contributed by atoms with van der Waals surface area (Å²) in [6.07, 6.45) is -0.238. The summed E-state index contributed by atoms with van der Waals surface area (Å²) in [5, 5.41) is 1.82. The first-order valence-electron chi connectivity index (χ1n) is 12.4. The van der Waals surface area contributed by atoms with Crippen molar-refractivity contribution < 1.29 is 37.3 Å². The minimum Gasteiger partial charge on any atom is -0.451 e. The first kappa shape index (κ1) is 26.1. The molecule has 0 saturated carbocycles. The number of ether oxygens (including phenoxy) is 4. The van der Waals surface area contributed by atoms with E-state index in [1.807, 2.05) is 29.3 Å². The number of hydrogen-bond donors (Lipinski definition) is 0. The summed E-state index contributed by atoms with van der Waals surface area (Å²) in [6.45, 7) is -0.0595. The van der Waals surface area contributed by atoms with E-state index in [-0.39, 0.29) is 42.5 Å². The Morgan fingerprint density at radius 3 is 2.77 bits per heavy atom. The third kappa shape index (κ3) is 4.25. The van der Waals surface area contributed by atoms with Gasteiger partial charge < -0.3 is 23.8 Å². The Morgan fingerprint density at radius 1 is 1.12 bits per heavy atom. The van der Waals surface area contributed by atoms with Gasteiger partial charge in [0, 0.05) is 35.0 Å². The lowest BCUT2D eigenvalue weighted by atomic mass is 9.93. The number of aromatic nitrogens is 1. The van der Waals surface area contributed by atoms with Crippen LogP contribution in [0, 0.1) is 11.6 Å². The number of carbonyl (C=O) groups is 2. The van der Waals surface area contributed by atoms with Crippen molar-refractivity contribution in [2.24, 2.45) is 0 Å². The van der Waals surface area contributed by atoms with Crippen LogP contribution in [-0.4, -0.2) is 61.5 Å². The Hall–Kier alpha value is -4.10. The van der Waals surface area contributed by atoms with E-state index >= 15 is 4.39 Å². The third-order valence-electron chi connectivity index (χ3n) is 7.08. The van der Waals surface area contributed by atoms with Gasteiger partial charge in [0.05, 0.1) is 26.4 Å². The molecule has 1 fully saturated rings. The molecule has 0 spiro atoms. The van der Waals surface area contributed by atoms with E-state index < -0.39 is 48.1 Å². The molecule has 3 aliphatic rings. The first-order valence-corrected chi connectivity index (χ1v) is 13.3. The highest BCUT2D eigenvalue weighted by atomic mass is 32.2. The van der Waals surface area contributed by atoms with Gasteiger partial charge in [-0.05, 0) is 23.3 Å². The Bertz CT molecular complexity index is 1570. The fourth-order valence-corrected chi connectivity index (χ4v) is 6.42. The molecule has 1 aromatic heterocycles. The van der Waals surface area contributed by atoms with Crippen LogP contribution in [-0.2, 0) is 20.0 Å². The fraction of sp³-hybridized carbons (Fsp3) is 0.296. The summed E-state index contributed by atoms with van der Waals surface area (Å²) >= 11 is 1.39. The van der Waals surface area contributed by atoms with Gasteiger partial charge in [-0.2, -0.15) is 0 Å². The molecule has 0 aliphatic carbocycles. The molecular formula is C27H23F2N3O7S. The van der Waals surface area contributed by atoms with Gasteiger partial charge in [0.1, 0.15) is 6.17 Å². The van der Waals surface area contributed by atoms with Crippen molar-refractivity contribution in [2.75, 3.05) is 38.7 Å². The summed E-state index contributed by atoms with van der Waals surface area (Å²) in [5.41, 5.74) is 0.815. The summed E-state index contributed by atoms with van der Waals surface area (Å²) in [4.78, 5) is 40.6. The van der Waals surface area contributed by atoms with E-state index in [0.717, 1.165) is 23.6 Å². The summed E-state index contributed by atoms with van der Waals surface area (Å²) in [5.74, 6) is -2.51. The lowest BCUT2D eigenvalue weighted by molar-refractivity contribution is -0.0209. The molecule has 0 bridgehead atoms. The van der Waals surface area contributed by atoms with Crippen LogP contribution in [0.25, 0.3) is 0 Å². The SMILES string of the molecule is COC(=O)OCOc1c2n(ccc1=O)N([C@@H]1c3ccccc3SCc3c1ccc(F)c3F)[C@@H]1COCCN1C2=O. The maximum Gasteiger partial charge on any atom is 0.510 e. The monoisotopic (exact) mass is 571 g/mol. The van der Waals surface area contributed by atoms with Crippen LogP contribution in [0.3, 0.4) is 0 Å². The van der Waals surface area contributed by atoms with Gasteiger partial charge in [0.25, 0.3) is 5.91 Å². The lowest BCUT2D eigenvalue weighted by Gasteiger charge is -2.51. The third-order valence-corrected chi connectivity index (χ3v) is 8.20. The molecule has 1 amide bonds. The summed E-state index contributed by atoms with van der Waals surface area (Å²) in [6, 6.07) is 10.7.